The molecule has 0 saturated carbocycles. The van der Waals surface area contributed by atoms with Crippen molar-refractivity contribution in [3.8, 4) is 47.0 Å². The van der Waals surface area contributed by atoms with Crippen LogP contribution in [0.4, 0.5) is 0 Å². The van der Waals surface area contributed by atoms with E-state index in [2.05, 4.69) is 117 Å². The zero-order valence-electron chi connectivity index (χ0n) is 19.2. The van der Waals surface area contributed by atoms with Crippen LogP contribution in [0.2, 0.25) is 16.6 Å². The Morgan fingerprint density at radius 2 is 1.00 bits per heavy atom. The van der Waals surface area contributed by atoms with E-state index < -0.39 is 8.07 Å². The third-order valence-electron chi connectivity index (χ3n) is 5.66. The average Bonchev–Trinajstić information content (AvgIpc) is 2.72. The van der Waals surface area contributed by atoms with Crippen molar-refractivity contribution in [2.24, 2.45) is 0 Å². The summed E-state index contributed by atoms with van der Waals surface area (Å²) in [5, 5.41) is 0. The first kappa shape index (κ1) is 24.9. The molecule has 0 radical (unpaired) electrons. The van der Waals surface area contributed by atoms with Gasteiger partial charge in [0.25, 0.3) is 0 Å². The molecule has 0 aliphatic heterocycles. The van der Waals surface area contributed by atoms with Crippen molar-refractivity contribution in [3.63, 3.8) is 0 Å². The molecule has 0 N–H and O–H groups in total. The molecule has 0 aromatic heterocycles. The van der Waals surface area contributed by atoms with Gasteiger partial charge in [0.05, 0.1) is 0 Å². The van der Waals surface area contributed by atoms with Gasteiger partial charge >= 0.3 is 0 Å². The van der Waals surface area contributed by atoms with E-state index in [9.17, 15) is 0 Å². The maximum Gasteiger partial charge on any atom is 0.146 e. The van der Waals surface area contributed by atoms with Gasteiger partial charge in [0.15, 0.2) is 0 Å². The Kier molecular flexibility index (Phi) is 9.53. The van der Waals surface area contributed by atoms with E-state index in [0.29, 0.717) is 16.6 Å². The van der Waals surface area contributed by atoms with Gasteiger partial charge in [-0.05, 0) is 87.2 Å². The molecule has 2 aromatic rings. The first-order valence-corrected chi connectivity index (χ1v) is 14.0. The van der Waals surface area contributed by atoms with Crippen molar-refractivity contribution in [2.75, 3.05) is 0 Å². The molecule has 0 aliphatic carbocycles. The largest absolute Gasteiger partial charge is 0.146 e. The van der Waals surface area contributed by atoms with Gasteiger partial charge in [0.1, 0.15) is 8.07 Å². The summed E-state index contributed by atoms with van der Waals surface area (Å²) in [5.41, 5.74) is 8.50. The molecule has 0 amide bonds. The van der Waals surface area contributed by atoms with Crippen LogP contribution in [-0.4, -0.2) is 8.07 Å². The molecule has 0 heterocycles. The minimum atomic E-state index is -1.78. The molecule has 0 saturated heterocycles. The minimum absolute atomic E-state index is 0.607. The summed E-state index contributed by atoms with van der Waals surface area (Å²) in [5.74, 6) is 21.3. The standard InChI is InChI=1S/C29H29ISi/c1-23(2)31(24(3)4,25(5)6)22-21-27-17-12-11-16-26(27)15-9-7-8-10-18-28-19-13-14-20-29(28)30/h11-14,16-17,19-20,23-25H,1-6H3. The Labute approximate surface area is 203 Å². The predicted molar refractivity (Wildman–Crippen MR) is 145 cm³/mol. The van der Waals surface area contributed by atoms with Crippen molar-refractivity contribution in [2.45, 2.75) is 58.2 Å². The Morgan fingerprint density at radius 3 is 1.48 bits per heavy atom. The zero-order chi connectivity index (χ0) is 22.9. The van der Waals surface area contributed by atoms with Crippen LogP contribution in [0.1, 0.15) is 58.2 Å². The molecule has 0 fully saturated rings. The van der Waals surface area contributed by atoms with E-state index in [1.54, 1.807) is 0 Å². The van der Waals surface area contributed by atoms with Crippen LogP contribution in [-0.2, 0) is 0 Å². The van der Waals surface area contributed by atoms with Crippen LogP contribution < -0.4 is 0 Å². The Hall–Kier alpha value is -2.37. The molecule has 0 spiro atoms. The molecule has 0 atom stereocenters. The third kappa shape index (κ3) is 6.55. The lowest BCUT2D eigenvalue weighted by molar-refractivity contribution is 0.838. The highest BCUT2D eigenvalue weighted by Crippen LogP contribution is 2.40. The molecule has 31 heavy (non-hydrogen) atoms. The maximum absolute atomic E-state index is 3.78. The van der Waals surface area contributed by atoms with Crippen molar-refractivity contribution >= 4 is 30.7 Å². The number of rotatable bonds is 3. The van der Waals surface area contributed by atoms with E-state index in [4.69, 9.17) is 0 Å². The summed E-state index contributed by atoms with van der Waals surface area (Å²) in [6.45, 7) is 14.0. The second kappa shape index (κ2) is 11.9. The van der Waals surface area contributed by atoms with E-state index >= 15 is 0 Å². The minimum Gasteiger partial charge on any atom is -0.125 e. The fourth-order valence-electron chi connectivity index (χ4n) is 4.13. The molecule has 0 bridgehead atoms. The Bertz CT molecular complexity index is 1130. The van der Waals surface area contributed by atoms with Gasteiger partial charge in [-0.1, -0.05) is 83.6 Å². The number of halogens is 1. The normalized spacial score (nSPS) is 10.3. The smallest absolute Gasteiger partial charge is 0.125 e. The number of hydrogen-bond acceptors (Lipinski definition) is 0. The number of hydrogen-bond donors (Lipinski definition) is 0. The summed E-state index contributed by atoms with van der Waals surface area (Å²) >= 11 is 2.28. The van der Waals surface area contributed by atoms with E-state index in [0.717, 1.165) is 20.3 Å². The monoisotopic (exact) mass is 532 g/mol. The molecular weight excluding hydrogens is 503 g/mol. The average molecular weight is 533 g/mol. The first-order chi connectivity index (χ1) is 14.8. The van der Waals surface area contributed by atoms with E-state index in [1.165, 1.54) is 0 Å². The molecule has 0 unspecified atom stereocenters. The van der Waals surface area contributed by atoms with Crippen LogP contribution in [0.25, 0.3) is 0 Å². The van der Waals surface area contributed by atoms with Crippen LogP contribution in [0.3, 0.4) is 0 Å². The van der Waals surface area contributed by atoms with Crippen molar-refractivity contribution in [3.05, 3.63) is 68.8 Å². The molecule has 2 aromatic carbocycles. The van der Waals surface area contributed by atoms with E-state index in [-0.39, 0.29) is 0 Å². The van der Waals surface area contributed by atoms with Crippen LogP contribution >= 0.6 is 22.6 Å². The maximum atomic E-state index is 3.78. The van der Waals surface area contributed by atoms with E-state index in [1.807, 2.05) is 42.5 Å². The highest BCUT2D eigenvalue weighted by molar-refractivity contribution is 14.1. The fraction of sp³-hybridized carbons (Fsp3) is 0.310. The van der Waals surface area contributed by atoms with Gasteiger partial charge in [0.2, 0.25) is 0 Å². The molecule has 156 valence electrons. The van der Waals surface area contributed by atoms with Crippen LogP contribution in [0, 0.1) is 50.6 Å². The lowest BCUT2D eigenvalue weighted by Crippen LogP contribution is -2.43. The van der Waals surface area contributed by atoms with Gasteiger partial charge in [-0.25, -0.2) is 0 Å². The van der Waals surface area contributed by atoms with Crippen molar-refractivity contribution in [1.29, 1.82) is 0 Å². The Morgan fingerprint density at radius 1 is 0.581 bits per heavy atom. The molecule has 0 nitrogen and oxygen atoms in total. The third-order valence-corrected chi connectivity index (χ3v) is 12.9. The highest BCUT2D eigenvalue weighted by Gasteiger charge is 2.41. The number of benzene rings is 2. The van der Waals surface area contributed by atoms with Crippen LogP contribution in [0.15, 0.2) is 48.5 Å². The van der Waals surface area contributed by atoms with Gasteiger partial charge in [-0.3, -0.25) is 0 Å². The lowest BCUT2D eigenvalue weighted by Gasteiger charge is -2.38. The first-order valence-electron chi connectivity index (χ1n) is 10.7. The second-order valence-electron chi connectivity index (χ2n) is 8.42. The molecule has 2 heteroatoms. The second-order valence-corrected chi connectivity index (χ2v) is 15.2. The molecule has 0 aliphatic rings. The molecular formula is C29H29ISi. The predicted octanol–water partition coefficient (Wildman–Crippen LogP) is 7.27. The summed E-state index contributed by atoms with van der Waals surface area (Å²) in [4.78, 5) is 0. The fourth-order valence-corrected chi connectivity index (χ4v) is 9.87. The lowest BCUT2D eigenvalue weighted by atomic mass is 10.1. The van der Waals surface area contributed by atoms with Gasteiger partial charge in [-0.15, -0.1) is 5.54 Å². The van der Waals surface area contributed by atoms with Gasteiger partial charge in [-0.2, -0.15) is 0 Å². The summed E-state index contributed by atoms with van der Waals surface area (Å²) in [6, 6.07) is 16.1. The summed E-state index contributed by atoms with van der Waals surface area (Å²) < 4.78 is 1.12. The quantitative estimate of drug-likeness (QED) is 0.222. The molecule has 2 rings (SSSR count). The topological polar surface area (TPSA) is 0 Å². The summed E-state index contributed by atoms with van der Waals surface area (Å²) in [6.07, 6.45) is 0. The van der Waals surface area contributed by atoms with Gasteiger partial charge in [0, 0.05) is 20.3 Å². The Balaban J connectivity index is 2.31. The zero-order valence-corrected chi connectivity index (χ0v) is 22.4. The highest BCUT2D eigenvalue weighted by atomic mass is 127. The van der Waals surface area contributed by atoms with Gasteiger partial charge < -0.3 is 0 Å². The van der Waals surface area contributed by atoms with Crippen molar-refractivity contribution < 1.29 is 0 Å². The summed E-state index contributed by atoms with van der Waals surface area (Å²) in [7, 11) is -1.78. The van der Waals surface area contributed by atoms with Crippen molar-refractivity contribution in [1.82, 2.24) is 0 Å². The SMILES string of the molecule is CC(C)[Si](C#Cc1ccccc1C#CC#CC#Cc1ccccc1I)(C(C)C)C(C)C. The van der Waals surface area contributed by atoms with Crippen LogP contribution in [0.5, 0.6) is 0 Å².